The van der Waals surface area contributed by atoms with Gasteiger partial charge < -0.3 is 20.5 Å². The monoisotopic (exact) mass is 430 g/mol. The van der Waals surface area contributed by atoms with Gasteiger partial charge in [0, 0.05) is 18.3 Å². The number of benzene rings is 3. The highest BCUT2D eigenvalue weighted by molar-refractivity contribution is 5.96. The number of carboxylic acid groups (broad SMARTS) is 1. The number of hydrogen-bond donors (Lipinski definition) is 2. The molecule has 0 aliphatic carbocycles. The van der Waals surface area contributed by atoms with E-state index in [0.29, 0.717) is 11.1 Å². The highest BCUT2D eigenvalue weighted by Gasteiger charge is 2.21. The topological polar surface area (TPSA) is 92.9 Å². The molecule has 3 aromatic rings. The summed E-state index contributed by atoms with van der Waals surface area (Å²) in [4.78, 5) is 23.6. The van der Waals surface area contributed by atoms with Crippen molar-refractivity contribution >= 4 is 23.3 Å². The number of ether oxygens (including phenoxy) is 1. The molecule has 160 valence electrons. The van der Waals surface area contributed by atoms with Crippen molar-refractivity contribution in [3.8, 4) is 16.9 Å². The molecule has 3 N–H and O–H groups in total. The van der Waals surface area contributed by atoms with Crippen molar-refractivity contribution in [2.75, 3.05) is 18.6 Å². The van der Waals surface area contributed by atoms with Crippen molar-refractivity contribution in [2.45, 2.75) is 0 Å². The fourth-order valence-corrected chi connectivity index (χ4v) is 2.99. The Kier molecular flexibility index (Phi) is 6.15. The second-order valence-corrected chi connectivity index (χ2v) is 6.59. The Morgan fingerprint density at radius 3 is 2.42 bits per heavy atom. The van der Waals surface area contributed by atoms with Crippen LogP contribution in [-0.2, 0) is 4.79 Å². The van der Waals surface area contributed by atoms with E-state index in [9.17, 15) is 22.8 Å². The minimum atomic E-state index is -1.33. The van der Waals surface area contributed by atoms with Crippen LogP contribution in [0.3, 0.4) is 0 Å². The Hall–Kier alpha value is -4.01. The molecule has 0 aromatic heterocycles. The predicted molar refractivity (Wildman–Crippen MR) is 108 cm³/mol. The van der Waals surface area contributed by atoms with E-state index in [2.05, 4.69) is 0 Å². The number of carbonyl (C=O) groups excluding carboxylic acids is 1. The maximum Gasteiger partial charge on any atom is 0.341 e. The molecule has 0 saturated heterocycles. The Balaban J connectivity index is 2.11. The number of aliphatic carboxylic acids is 1. The zero-order chi connectivity index (χ0) is 22.7. The van der Waals surface area contributed by atoms with Crippen LogP contribution in [-0.4, -0.2) is 30.6 Å². The number of hydrogen-bond acceptors (Lipinski definition) is 4. The maximum atomic E-state index is 14.9. The lowest BCUT2D eigenvalue weighted by Crippen LogP contribution is -2.17. The van der Waals surface area contributed by atoms with Crippen LogP contribution in [0.5, 0.6) is 5.75 Å². The van der Waals surface area contributed by atoms with Gasteiger partial charge in [-0.1, -0.05) is 12.1 Å². The smallest absolute Gasteiger partial charge is 0.341 e. The number of halogens is 3. The van der Waals surface area contributed by atoms with Crippen molar-refractivity contribution < 1.29 is 32.6 Å². The van der Waals surface area contributed by atoms with Crippen LogP contribution in [0.4, 0.5) is 24.5 Å². The number of nitrogens with zero attached hydrogens (tertiary/aromatic N) is 1. The van der Waals surface area contributed by atoms with Crippen molar-refractivity contribution in [2.24, 2.45) is 5.73 Å². The van der Waals surface area contributed by atoms with Gasteiger partial charge in [-0.25, -0.2) is 18.0 Å². The first-order valence-corrected chi connectivity index (χ1v) is 8.94. The first-order chi connectivity index (χ1) is 14.7. The van der Waals surface area contributed by atoms with Gasteiger partial charge in [0.2, 0.25) is 5.91 Å². The third-order valence-corrected chi connectivity index (χ3v) is 4.47. The molecule has 0 aliphatic rings. The fourth-order valence-electron chi connectivity index (χ4n) is 2.99. The summed E-state index contributed by atoms with van der Waals surface area (Å²) in [7, 11) is 1.35. The maximum absolute atomic E-state index is 14.9. The Morgan fingerprint density at radius 1 is 1.03 bits per heavy atom. The summed E-state index contributed by atoms with van der Waals surface area (Å²) >= 11 is 0. The van der Waals surface area contributed by atoms with Crippen LogP contribution in [0.15, 0.2) is 54.6 Å². The predicted octanol–water partition coefficient (Wildman–Crippen LogP) is 4.10. The first-order valence-electron chi connectivity index (χ1n) is 8.94. The van der Waals surface area contributed by atoms with Gasteiger partial charge in [-0.2, -0.15) is 0 Å². The molecule has 3 rings (SSSR count). The largest absolute Gasteiger partial charge is 0.479 e. The summed E-state index contributed by atoms with van der Waals surface area (Å²) < 4.78 is 47.9. The second kappa shape index (κ2) is 8.78. The molecule has 1 amide bonds. The molecule has 6 nitrogen and oxygen atoms in total. The van der Waals surface area contributed by atoms with Crippen molar-refractivity contribution in [1.29, 1.82) is 0 Å². The number of carboxylic acids is 1. The van der Waals surface area contributed by atoms with Crippen molar-refractivity contribution in [3.63, 3.8) is 0 Å². The van der Waals surface area contributed by atoms with Crippen LogP contribution < -0.4 is 15.4 Å². The van der Waals surface area contributed by atoms with Gasteiger partial charge in [0.05, 0.1) is 0 Å². The first kappa shape index (κ1) is 21.7. The number of primary amides is 1. The van der Waals surface area contributed by atoms with Gasteiger partial charge >= 0.3 is 5.97 Å². The van der Waals surface area contributed by atoms with Gasteiger partial charge in [-0.05, 0) is 53.6 Å². The molecule has 0 aliphatic heterocycles. The molecule has 0 bridgehead atoms. The molecule has 0 radical (unpaired) electrons. The normalized spacial score (nSPS) is 10.6. The summed E-state index contributed by atoms with van der Waals surface area (Å²) in [5.74, 6) is -5.14. The fraction of sp³-hybridized carbons (Fsp3) is 0.0909. The average molecular weight is 430 g/mol. The van der Waals surface area contributed by atoms with E-state index in [4.69, 9.17) is 15.6 Å². The lowest BCUT2D eigenvalue weighted by atomic mass is 10.0. The van der Waals surface area contributed by atoms with Crippen LogP contribution in [0.2, 0.25) is 0 Å². The second-order valence-electron chi connectivity index (χ2n) is 6.59. The zero-order valence-electron chi connectivity index (χ0n) is 16.2. The van der Waals surface area contributed by atoms with Gasteiger partial charge in [0.1, 0.15) is 17.3 Å². The Morgan fingerprint density at radius 2 is 1.77 bits per heavy atom. The number of nitrogens with two attached hydrogens (primary N) is 1. The van der Waals surface area contributed by atoms with Crippen LogP contribution in [0, 0.1) is 17.5 Å². The van der Waals surface area contributed by atoms with E-state index in [1.807, 2.05) is 0 Å². The summed E-state index contributed by atoms with van der Waals surface area (Å²) in [5.41, 5.74) is 5.92. The third-order valence-electron chi connectivity index (χ3n) is 4.47. The summed E-state index contributed by atoms with van der Waals surface area (Å²) in [5, 5.41) is 8.72. The molecule has 9 heteroatoms. The highest BCUT2D eigenvalue weighted by Crippen LogP contribution is 2.36. The van der Waals surface area contributed by atoms with E-state index in [1.165, 1.54) is 43.4 Å². The molecule has 31 heavy (non-hydrogen) atoms. The van der Waals surface area contributed by atoms with E-state index < -0.39 is 47.4 Å². The Bertz CT molecular complexity index is 1170. The average Bonchev–Trinajstić information content (AvgIpc) is 2.72. The van der Waals surface area contributed by atoms with E-state index in [1.54, 1.807) is 6.07 Å². The lowest BCUT2D eigenvalue weighted by Gasteiger charge is -2.23. The van der Waals surface area contributed by atoms with Crippen LogP contribution in [0.1, 0.15) is 10.4 Å². The number of carbonyl (C=O) groups is 2. The number of amides is 1. The molecular formula is C22H17F3N2O4. The minimum absolute atomic E-state index is 0.0442. The molecule has 0 spiro atoms. The van der Waals surface area contributed by atoms with E-state index >= 15 is 0 Å². The lowest BCUT2D eigenvalue weighted by molar-refractivity contribution is -0.139. The van der Waals surface area contributed by atoms with Crippen molar-refractivity contribution in [3.05, 3.63) is 77.6 Å². The summed E-state index contributed by atoms with van der Waals surface area (Å²) in [6, 6.07) is 11.8. The molecule has 0 saturated carbocycles. The summed E-state index contributed by atoms with van der Waals surface area (Å²) in [6.45, 7) is -0.813. The van der Waals surface area contributed by atoms with Gasteiger partial charge in [-0.3, -0.25) is 4.79 Å². The van der Waals surface area contributed by atoms with Crippen molar-refractivity contribution in [1.82, 2.24) is 0 Å². The molecule has 0 unspecified atom stereocenters. The minimum Gasteiger partial charge on any atom is -0.479 e. The van der Waals surface area contributed by atoms with E-state index in [0.717, 1.165) is 17.0 Å². The zero-order valence-corrected chi connectivity index (χ0v) is 16.2. The van der Waals surface area contributed by atoms with Gasteiger partial charge in [0.15, 0.2) is 18.2 Å². The molecule has 0 atom stereocenters. The number of rotatable bonds is 7. The summed E-state index contributed by atoms with van der Waals surface area (Å²) in [6.07, 6.45) is 0. The molecular weight excluding hydrogens is 413 g/mol. The number of anilines is 2. The van der Waals surface area contributed by atoms with Gasteiger partial charge in [0.25, 0.3) is 0 Å². The van der Waals surface area contributed by atoms with Crippen LogP contribution >= 0.6 is 0 Å². The van der Waals surface area contributed by atoms with E-state index in [-0.39, 0.29) is 11.3 Å². The van der Waals surface area contributed by atoms with Crippen LogP contribution in [0.25, 0.3) is 11.1 Å². The molecule has 0 fully saturated rings. The SMILES string of the molecule is CN(c1cc(C(N)=O)cc(-c2cccc(F)c2)c1)c1c(F)ccc(OCC(=O)O)c1F. The molecule has 3 aromatic carbocycles. The third kappa shape index (κ3) is 4.77. The molecule has 0 heterocycles. The standard InChI is InChI=1S/C22H17F3N2O4/c1-27(21-17(24)5-6-18(20(21)25)31-11-19(28)29)16-9-13(7-14(10-16)22(26)30)12-3-2-4-15(23)8-12/h2-10H,11H2,1H3,(H2,26,30)(H,28,29). The Labute approximate surface area is 175 Å². The highest BCUT2D eigenvalue weighted by atomic mass is 19.1. The van der Waals surface area contributed by atoms with Gasteiger partial charge in [-0.15, -0.1) is 0 Å². The quantitative estimate of drug-likeness (QED) is 0.589.